The molecular formula is C30H24N2O2S2. The molecule has 2 aliphatic rings. The number of fused-ring (bicyclic) bond motifs is 2. The Balaban J connectivity index is 1.64. The fraction of sp³-hybridized carbons (Fsp3) is 0.133. The topological polar surface area (TPSA) is 41.9 Å². The average Bonchev–Trinajstić information content (AvgIpc) is 3.47. The number of anilines is 1. The number of benzene rings is 4. The molecule has 6 heteroatoms. The van der Waals surface area contributed by atoms with E-state index < -0.39 is 14.9 Å². The zero-order chi connectivity index (χ0) is 24.8. The summed E-state index contributed by atoms with van der Waals surface area (Å²) in [6.45, 7) is 2.07. The summed E-state index contributed by atoms with van der Waals surface area (Å²) in [5, 5.41) is 7.21. The predicted octanol–water partition coefficient (Wildman–Crippen LogP) is 6.88. The van der Waals surface area contributed by atoms with Crippen molar-refractivity contribution in [3.8, 4) is 0 Å². The molecule has 0 unspecified atom stereocenters. The van der Waals surface area contributed by atoms with Crippen LogP contribution in [-0.2, 0) is 18.5 Å². The van der Waals surface area contributed by atoms with Gasteiger partial charge in [-0.3, -0.25) is 0 Å². The minimum atomic E-state index is -0.707. The van der Waals surface area contributed by atoms with Gasteiger partial charge in [-0.2, -0.15) is 5.10 Å². The number of rotatable bonds is 4. The quantitative estimate of drug-likeness (QED) is 0.281. The van der Waals surface area contributed by atoms with Gasteiger partial charge in [0.15, 0.2) is 4.20 Å². The lowest BCUT2D eigenvalue weighted by Crippen LogP contribution is -2.34. The molecule has 0 fully saturated rings. The Morgan fingerprint density at radius 2 is 1.33 bits per heavy atom. The van der Waals surface area contributed by atoms with Crippen molar-refractivity contribution in [2.45, 2.75) is 15.9 Å². The van der Waals surface area contributed by atoms with Crippen LogP contribution < -0.4 is 5.01 Å². The van der Waals surface area contributed by atoms with E-state index in [2.05, 4.69) is 104 Å². The Morgan fingerprint density at radius 3 is 1.92 bits per heavy atom. The molecule has 0 saturated carbocycles. The van der Waals surface area contributed by atoms with Gasteiger partial charge in [0.05, 0.1) is 17.5 Å². The molecule has 4 aromatic carbocycles. The van der Waals surface area contributed by atoms with E-state index in [0.717, 1.165) is 11.3 Å². The highest BCUT2D eigenvalue weighted by atomic mass is 32.2. The van der Waals surface area contributed by atoms with E-state index in [1.807, 2.05) is 28.9 Å². The number of nitrogens with zero attached hydrogens (tertiary/aromatic N) is 2. The third-order valence-electron chi connectivity index (χ3n) is 6.64. The number of ether oxygens (including phenoxy) is 1. The standard InChI is InChI=1S/C30H24N2O2S2/c1-21-17-19-24(20-18-21)32-30(35-27(31-32)28(33)34-2)26-16-10-9-15-25(26)29(36-30,22-11-5-3-6-12-22)23-13-7-4-8-14-23/h3-20H,1-2H3/t30-/m1/s1. The average molecular weight is 509 g/mol. The van der Waals surface area contributed by atoms with E-state index in [-0.39, 0.29) is 0 Å². The minimum absolute atomic E-state index is 0.345. The first-order valence-corrected chi connectivity index (χ1v) is 13.4. The Morgan fingerprint density at radius 1 is 0.778 bits per heavy atom. The summed E-state index contributed by atoms with van der Waals surface area (Å²) in [7, 11) is 1.40. The number of hydrazone groups is 1. The second-order valence-electron chi connectivity index (χ2n) is 8.79. The SMILES string of the molecule is COC(=O)C1=NN(c2ccc(C)cc2)[C@]2(S1)SC(c1ccccc1)(c1ccccc1)c1ccccc12. The lowest BCUT2D eigenvalue weighted by atomic mass is 9.82. The molecule has 0 aromatic heterocycles. The van der Waals surface area contributed by atoms with Gasteiger partial charge in [-0.1, -0.05) is 126 Å². The number of hydrogen-bond donors (Lipinski definition) is 0. The molecule has 0 bridgehead atoms. The van der Waals surface area contributed by atoms with Crippen LogP contribution in [-0.4, -0.2) is 18.1 Å². The molecular weight excluding hydrogens is 484 g/mol. The number of carbonyl (C=O) groups is 1. The van der Waals surface area contributed by atoms with E-state index in [1.54, 1.807) is 0 Å². The van der Waals surface area contributed by atoms with E-state index in [0.29, 0.717) is 5.04 Å². The van der Waals surface area contributed by atoms with E-state index in [9.17, 15) is 4.79 Å². The summed E-state index contributed by atoms with van der Waals surface area (Å²) in [4.78, 5) is 12.8. The summed E-state index contributed by atoms with van der Waals surface area (Å²) in [6, 6.07) is 38.0. The van der Waals surface area contributed by atoms with Crippen LogP contribution >= 0.6 is 23.5 Å². The number of aryl methyl sites for hydroxylation is 1. The third-order valence-corrected chi connectivity index (χ3v) is 9.92. The lowest BCUT2D eigenvalue weighted by Gasteiger charge is -2.37. The van der Waals surface area contributed by atoms with Crippen molar-refractivity contribution in [1.82, 2.24) is 0 Å². The van der Waals surface area contributed by atoms with Gasteiger partial charge in [0.25, 0.3) is 0 Å². The van der Waals surface area contributed by atoms with Gasteiger partial charge in [-0.25, -0.2) is 9.80 Å². The molecule has 0 radical (unpaired) electrons. The lowest BCUT2D eigenvalue weighted by molar-refractivity contribution is -0.132. The zero-order valence-corrected chi connectivity index (χ0v) is 21.6. The van der Waals surface area contributed by atoms with Gasteiger partial charge in [0.2, 0.25) is 5.04 Å². The monoisotopic (exact) mass is 508 g/mol. The fourth-order valence-electron chi connectivity index (χ4n) is 4.99. The first kappa shape index (κ1) is 23.0. The Bertz CT molecular complexity index is 1420. The van der Waals surface area contributed by atoms with Crippen LogP contribution in [0.1, 0.15) is 27.8 Å². The number of hydrogen-bond acceptors (Lipinski definition) is 6. The third kappa shape index (κ3) is 3.39. The van der Waals surface area contributed by atoms with Crippen molar-refractivity contribution in [1.29, 1.82) is 0 Å². The highest BCUT2D eigenvalue weighted by molar-refractivity contribution is 8.27. The molecule has 1 spiro atoms. The van der Waals surface area contributed by atoms with Crippen molar-refractivity contribution in [3.05, 3.63) is 137 Å². The molecule has 0 aliphatic carbocycles. The van der Waals surface area contributed by atoms with E-state index in [4.69, 9.17) is 9.84 Å². The van der Waals surface area contributed by atoms with Gasteiger partial charge < -0.3 is 4.74 Å². The van der Waals surface area contributed by atoms with Crippen LogP contribution in [0.3, 0.4) is 0 Å². The maximum atomic E-state index is 12.8. The van der Waals surface area contributed by atoms with E-state index >= 15 is 0 Å². The van der Waals surface area contributed by atoms with Crippen LogP contribution in [0.2, 0.25) is 0 Å². The molecule has 2 aliphatic heterocycles. The molecule has 4 aromatic rings. The Hall–Kier alpha value is -3.48. The van der Waals surface area contributed by atoms with Crippen molar-refractivity contribution < 1.29 is 9.53 Å². The first-order valence-electron chi connectivity index (χ1n) is 11.7. The second kappa shape index (κ2) is 8.87. The van der Waals surface area contributed by atoms with Gasteiger partial charge in [-0.15, -0.1) is 0 Å². The van der Waals surface area contributed by atoms with Crippen LogP contribution in [0.15, 0.2) is 114 Å². The maximum Gasteiger partial charge on any atom is 0.365 e. The van der Waals surface area contributed by atoms with Crippen molar-refractivity contribution >= 4 is 40.2 Å². The smallest absolute Gasteiger partial charge is 0.365 e. The fourth-order valence-corrected chi connectivity index (χ4v) is 8.57. The highest BCUT2D eigenvalue weighted by Gasteiger charge is 2.61. The second-order valence-corrected chi connectivity index (χ2v) is 11.6. The summed E-state index contributed by atoms with van der Waals surface area (Å²) >= 11 is 3.27. The summed E-state index contributed by atoms with van der Waals surface area (Å²) in [5.41, 5.74) is 6.77. The molecule has 36 heavy (non-hydrogen) atoms. The molecule has 0 saturated heterocycles. The Kier molecular flexibility index (Phi) is 5.66. The van der Waals surface area contributed by atoms with Crippen molar-refractivity contribution in [2.24, 2.45) is 5.10 Å². The van der Waals surface area contributed by atoms with Crippen molar-refractivity contribution in [2.75, 3.05) is 12.1 Å². The summed E-state index contributed by atoms with van der Waals surface area (Å²) < 4.78 is 3.91. The van der Waals surface area contributed by atoms with Crippen LogP contribution in [0.5, 0.6) is 0 Å². The van der Waals surface area contributed by atoms with Crippen LogP contribution in [0, 0.1) is 6.92 Å². The summed E-state index contributed by atoms with van der Waals surface area (Å²) in [6.07, 6.45) is 0. The molecule has 0 N–H and O–H groups in total. The Labute approximate surface area is 219 Å². The minimum Gasteiger partial charge on any atom is -0.464 e. The first-order chi connectivity index (χ1) is 17.6. The van der Waals surface area contributed by atoms with Gasteiger partial charge in [-0.05, 0) is 35.7 Å². The molecule has 1 atom stereocenters. The summed E-state index contributed by atoms with van der Waals surface area (Å²) in [5.74, 6) is -0.427. The van der Waals surface area contributed by atoms with Gasteiger partial charge >= 0.3 is 5.97 Å². The predicted molar refractivity (Wildman–Crippen MR) is 149 cm³/mol. The van der Waals surface area contributed by atoms with Crippen LogP contribution in [0.25, 0.3) is 0 Å². The molecule has 178 valence electrons. The largest absolute Gasteiger partial charge is 0.464 e. The zero-order valence-electron chi connectivity index (χ0n) is 19.9. The van der Waals surface area contributed by atoms with Gasteiger partial charge in [0, 0.05) is 5.56 Å². The molecule has 4 nitrogen and oxygen atoms in total. The number of esters is 1. The van der Waals surface area contributed by atoms with Crippen LogP contribution in [0.4, 0.5) is 5.69 Å². The van der Waals surface area contributed by atoms with E-state index in [1.165, 1.54) is 41.1 Å². The normalized spacial score (nSPS) is 19.7. The number of methoxy groups -OCH3 is 1. The van der Waals surface area contributed by atoms with Crippen molar-refractivity contribution in [3.63, 3.8) is 0 Å². The maximum absolute atomic E-state index is 12.8. The molecule has 2 heterocycles. The number of thioether (sulfide) groups is 2. The highest BCUT2D eigenvalue weighted by Crippen LogP contribution is 2.70. The molecule has 6 rings (SSSR count). The van der Waals surface area contributed by atoms with Gasteiger partial charge in [0.1, 0.15) is 0 Å². The number of carbonyl (C=O) groups excluding carboxylic acids is 1. The molecule has 0 amide bonds.